The lowest BCUT2D eigenvalue weighted by molar-refractivity contribution is -0.137. The van der Waals surface area contributed by atoms with Crippen LogP contribution in [0.5, 0.6) is 0 Å². The minimum absolute atomic E-state index is 0.424. The van der Waals surface area contributed by atoms with Gasteiger partial charge in [0.05, 0.1) is 5.56 Å². The third kappa shape index (κ3) is 2.85. The SMILES string of the molecule is FC(F)(F)c1ccc(-c2ccc(CCl)cc2)cc1. The van der Waals surface area contributed by atoms with Crippen molar-refractivity contribution in [2.24, 2.45) is 0 Å². The Kier molecular flexibility index (Phi) is 3.62. The third-order valence-electron chi connectivity index (χ3n) is 2.65. The molecule has 2 aromatic rings. The van der Waals surface area contributed by atoms with E-state index in [9.17, 15) is 13.2 Å². The Morgan fingerprint density at radius 2 is 1.22 bits per heavy atom. The van der Waals surface area contributed by atoms with Gasteiger partial charge in [-0.1, -0.05) is 36.4 Å². The van der Waals surface area contributed by atoms with Crippen molar-refractivity contribution < 1.29 is 13.2 Å². The summed E-state index contributed by atoms with van der Waals surface area (Å²) >= 11 is 5.67. The Labute approximate surface area is 108 Å². The van der Waals surface area contributed by atoms with E-state index in [1.807, 2.05) is 24.3 Å². The molecule has 2 aromatic carbocycles. The Morgan fingerprint density at radius 1 is 0.778 bits per heavy atom. The van der Waals surface area contributed by atoms with E-state index in [4.69, 9.17) is 11.6 Å². The number of alkyl halides is 4. The third-order valence-corrected chi connectivity index (χ3v) is 2.96. The molecule has 0 aliphatic rings. The normalized spacial score (nSPS) is 11.6. The number of hydrogen-bond donors (Lipinski definition) is 0. The number of rotatable bonds is 2. The molecule has 0 bridgehead atoms. The topological polar surface area (TPSA) is 0 Å². The second kappa shape index (κ2) is 5.02. The van der Waals surface area contributed by atoms with E-state index in [2.05, 4.69) is 0 Å². The zero-order valence-corrected chi connectivity index (χ0v) is 10.1. The first-order valence-corrected chi connectivity index (χ1v) is 5.87. The molecule has 0 saturated carbocycles. The fourth-order valence-electron chi connectivity index (χ4n) is 1.64. The summed E-state index contributed by atoms with van der Waals surface area (Å²) in [6, 6.07) is 12.5. The van der Waals surface area contributed by atoms with E-state index in [1.165, 1.54) is 12.1 Å². The van der Waals surface area contributed by atoms with Gasteiger partial charge in [0.1, 0.15) is 0 Å². The Balaban J connectivity index is 2.28. The maximum absolute atomic E-state index is 12.4. The molecule has 0 aliphatic heterocycles. The highest BCUT2D eigenvalue weighted by Gasteiger charge is 2.29. The molecule has 2 rings (SSSR count). The molecule has 0 heterocycles. The summed E-state index contributed by atoms with van der Waals surface area (Å²) in [4.78, 5) is 0. The maximum atomic E-state index is 12.4. The van der Waals surface area contributed by atoms with Crippen LogP contribution in [0.4, 0.5) is 13.2 Å². The van der Waals surface area contributed by atoms with Gasteiger partial charge in [0.25, 0.3) is 0 Å². The van der Waals surface area contributed by atoms with Gasteiger partial charge in [0, 0.05) is 5.88 Å². The average molecular weight is 271 g/mol. The molecule has 0 unspecified atom stereocenters. The fraction of sp³-hybridized carbons (Fsp3) is 0.143. The van der Waals surface area contributed by atoms with Gasteiger partial charge in [-0.05, 0) is 28.8 Å². The molecule has 0 nitrogen and oxygen atoms in total. The Hall–Kier alpha value is -1.48. The summed E-state index contributed by atoms with van der Waals surface area (Å²) in [5, 5.41) is 0. The van der Waals surface area contributed by atoms with Crippen LogP contribution >= 0.6 is 11.6 Å². The van der Waals surface area contributed by atoms with Gasteiger partial charge < -0.3 is 0 Å². The van der Waals surface area contributed by atoms with Crippen molar-refractivity contribution in [1.82, 2.24) is 0 Å². The van der Waals surface area contributed by atoms with E-state index in [1.54, 1.807) is 0 Å². The van der Waals surface area contributed by atoms with Crippen molar-refractivity contribution in [1.29, 1.82) is 0 Å². The molecular formula is C14H10ClF3. The molecule has 0 atom stereocenters. The average Bonchev–Trinajstić information content (AvgIpc) is 2.38. The summed E-state index contributed by atoms with van der Waals surface area (Å²) in [7, 11) is 0. The van der Waals surface area contributed by atoms with Gasteiger partial charge in [0.2, 0.25) is 0 Å². The van der Waals surface area contributed by atoms with Gasteiger partial charge in [-0.25, -0.2) is 0 Å². The number of benzene rings is 2. The van der Waals surface area contributed by atoms with Gasteiger partial charge in [-0.2, -0.15) is 13.2 Å². The first-order valence-electron chi connectivity index (χ1n) is 5.33. The lowest BCUT2D eigenvalue weighted by Gasteiger charge is -2.08. The lowest BCUT2D eigenvalue weighted by Crippen LogP contribution is -2.03. The van der Waals surface area contributed by atoms with Crippen LogP contribution < -0.4 is 0 Å². The molecule has 0 saturated heterocycles. The molecule has 18 heavy (non-hydrogen) atoms. The summed E-state index contributed by atoms with van der Waals surface area (Å²) < 4.78 is 37.2. The van der Waals surface area contributed by atoms with Gasteiger partial charge in [0.15, 0.2) is 0 Å². The predicted octanol–water partition coefficient (Wildman–Crippen LogP) is 5.11. The molecular weight excluding hydrogens is 261 g/mol. The summed E-state index contributed by atoms with van der Waals surface area (Å²) in [5.41, 5.74) is 1.97. The minimum atomic E-state index is -4.29. The molecule has 94 valence electrons. The van der Waals surface area contributed by atoms with E-state index in [0.29, 0.717) is 5.88 Å². The maximum Gasteiger partial charge on any atom is 0.416 e. The standard InChI is InChI=1S/C14H10ClF3/c15-9-10-1-3-11(4-2-10)12-5-7-13(8-6-12)14(16,17)18/h1-8H,9H2. The van der Waals surface area contributed by atoms with Crippen LogP contribution in [-0.4, -0.2) is 0 Å². The highest BCUT2D eigenvalue weighted by Crippen LogP contribution is 2.31. The molecule has 4 heteroatoms. The monoisotopic (exact) mass is 270 g/mol. The molecule has 0 N–H and O–H groups in total. The Morgan fingerprint density at radius 3 is 1.61 bits per heavy atom. The smallest absolute Gasteiger partial charge is 0.166 e. The van der Waals surface area contributed by atoms with Crippen molar-refractivity contribution in [2.45, 2.75) is 12.1 Å². The van der Waals surface area contributed by atoms with Crippen molar-refractivity contribution in [3.8, 4) is 11.1 Å². The van der Waals surface area contributed by atoms with Gasteiger partial charge in [-0.15, -0.1) is 11.6 Å². The van der Waals surface area contributed by atoms with Crippen molar-refractivity contribution in [3.63, 3.8) is 0 Å². The zero-order chi connectivity index (χ0) is 13.2. The van der Waals surface area contributed by atoms with Crippen LogP contribution in [0.3, 0.4) is 0 Å². The van der Waals surface area contributed by atoms with E-state index >= 15 is 0 Å². The molecule has 0 aromatic heterocycles. The second-order valence-corrected chi connectivity index (χ2v) is 4.17. The van der Waals surface area contributed by atoms with E-state index in [0.717, 1.165) is 28.8 Å². The molecule has 0 fully saturated rings. The number of halogens is 4. The summed E-state index contributed by atoms with van der Waals surface area (Å²) in [6.45, 7) is 0. The van der Waals surface area contributed by atoms with E-state index in [-0.39, 0.29) is 0 Å². The van der Waals surface area contributed by atoms with Crippen LogP contribution in [0.2, 0.25) is 0 Å². The summed E-state index contributed by atoms with van der Waals surface area (Å²) in [5.74, 6) is 0.424. The molecule has 0 amide bonds. The second-order valence-electron chi connectivity index (χ2n) is 3.91. The predicted molar refractivity (Wildman–Crippen MR) is 66.4 cm³/mol. The van der Waals surface area contributed by atoms with Crippen LogP contribution in [0.25, 0.3) is 11.1 Å². The van der Waals surface area contributed by atoms with Crippen molar-refractivity contribution >= 4 is 11.6 Å². The van der Waals surface area contributed by atoms with Crippen LogP contribution in [0, 0.1) is 0 Å². The van der Waals surface area contributed by atoms with Crippen LogP contribution in [-0.2, 0) is 12.1 Å². The lowest BCUT2D eigenvalue weighted by atomic mass is 10.0. The largest absolute Gasteiger partial charge is 0.416 e. The van der Waals surface area contributed by atoms with Crippen molar-refractivity contribution in [3.05, 3.63) is 59.7 Å². The van der Waals surface area contributed by atoms with Gasteiger partial charge >= 0.3 is 6.18 Å². The van der Waals surface area contributed by atoms with Crippen LogP contribution in [0.1, 0.15) is 11.1 Å². The Bertz CT molecular complexity index is 512. The molecule has 0 aliphatic carbocycles. The first kappa shape index (κ1) is 13.0. The quantitative estimate of drug-likeness (QED) is 0.665. The minimum Gasteiger partial charge on any atom is -0.166 e. The highest BCUT2D eigenvalue weighted by molar-refractivity contribution is 6.17. The fourth-order valence-corrected chi connectivity index (χ4v) is 1.82. The zero-order valence-electron chi connectivity index (χ0n) is 9.34. The van der Waals surface area contributed by atoms with Crippen LogP contribution in [0.15, 0.2) is 48.5 Å². The van der Waals surface area contributed by atoms with Gasteiger partial charge in [-0.3, -0.25) is 0 Å². The van der Waals surface area contributed by atoms with E-state index < -0.39 is 11.7 Å². The molecule has 0 radical (unpaired) electrons. The summed E-state index contributed by atoms with van der Waals surface area (Å²) in [6.07, 6.45) is -4.29. The highest BCUT2D eigenvalue weighted by atomic mass is 35.5. The number of hydrogen-bond acceptors (Lipinski definition) is 0. The first-order chi connectivity index (χ1) is 8.50. The van der Waals surface area contributed by atoms with Crippen molar-refractivity contribution in [2.75, 3.05) is 0 Å². The molecule has 0 spiro atoms.